The molecular formula is C26H27N5O2. The first-order chi connectivity index (χ1) is 15.9. The summed E-state index contributed by atoms with van der Waals surface area (Å²) < 4.78 is 0. The first kappa shape index (κ1) is 21.2. The van der Waals surface area contributed by atoms with Gasteiger partial charge in [0.25, 0.3) is 0 Å². The fourth-order valence-electron chi connectivity index (χ4n) is 5.36. The number of aromatic carboxylic acids is 1. The zero-order valence-electron chi connectivity index (χ0n) is 18.9. The molecule has 6 rings (SSSR count). The molecule has 168 valence electrons. The Morgan fingerprint density at radius 2 is 1.97 bits per heavy atom. The zero-order chi connectivity index (χ0) is 23.1. The standard InChI is InChI=1S/C26H27N5O2/c1-15-11-20(16(2)28-21-6-4-3-5-19(21)26(32)33)24-22(12-15)29-23(13-27)25(30-24)31-14-17-7-9-18(31)10-8-17/h3-6,11-12,16-18,28H,7-10,14H2,1-2H3,(H,32,33)/t16-,17?,18?/m1/s1. The van der Waals surface area contributed by atoms with Gasteiger partial charge in [0, 0.05) is 23.8 Å². The average Bonchev–Trinajstić information content (AvgIpc) is 2.83. The van der Waals surface area contributed by atoms with Crippen molar-refractivity contribution in [2.45, 2.75) is 51.6 Å². The SMILES string of the molecule is Cc1cc([C@@H](C)Nc2ccccc2C(=O)O)c2nc(N3CC4CCC3CC4)c(C#N)nc2c1. The monoisotopic (exact) mass is 441 g/mol. The molecule has 0 spiro atoms. The lowest BCUT2D eigenvalue weighted by Gasteiger charge is -2.46. The molecule has 2 aromatic carbocycles. The largest absolute Gasteiger partial charge is 0.478 e. The lowest BCUT2D eigenvalue weighted by atomic mass is 9.80. The maximum absolute atomic E-state index is 11.7. The molecule has 1 saturated carbocycles. The number of nitriles is 1. The second-order valence-corrected chi connectivity index (χ2v) is 9.27. The van der Waals surface area contributed by atoms with Crippen molar-refractivity contribution in [3.05, 3.63) is 58.8 Å². The van der Waals surface area contributed by atoms with Crippen LogP contribution in [0.15, 0.2) is 36.4 Å². The van der Waals surface area contributed by atoms with Crippen LogP contribution in [0.3, 0.4) is 0 Å². The Morgan fingerprint density at radius 3 is 2.64 bits per heavy atom. The molecule has 2 aliphatic heterocycles. The van der Waals surface area contributed by atoms with Crippen LogP contribution in [-0.4, -0.2) is 33.6 Å². The molecule has 3 fully saturated rings. The van der Waals surface area contributed by atoms with Crippen molar-refractivity contribution in [1.29, 1.82) is 5.26 Å². The molecule has 1 aliphatic carbocycles. The molecule has 3 aliphatic rings. The lowest BCUT2D eigenvalue weighted by Crippen LogP contribution is -2.48. The van der Waals surface area contributed by atoms with E-state index >= 15 is 0 Å². The number of nitrogens with zero attached hydrogens (tertiary/aromatic N) is 4. The first-order valence-electron chi connectivity index (χ1n) is 11.5. The van der Waals surface area contributed by atoms with Crippen molar-refractivity contribution < 1.29 is 9.90 Å². The minimum absolute atomic E-state index is 0.208. The Morgan fingerprint density at radius 1 is 1.21 bits per heavy atom. The topological polar surface area (TPSA) is 102 Å². The molecule has 2 bridgehead atoms. The number of para-hydroxylation sites is 1. The van der Waals surface area contributed by atoms with Crippen LogP contribution in [0.5, 0.6) is 0 Å². The van der Waals surface area contributed by atoms with Gasteiger partial charge in [-0.05, 0) is 69.2 Å². The van der Waals surface area contributed by atoms with E-state index in [9.17, 15) is 15.2 Å². The second-order valence-electron chi connectivity index (χ2n) is 9.27. The number of anilines is 2. The minimum Gasteiger partial charge on any atom is -0.478 e. The highest BCUT2D eigenvalue weighted by molar-refractivity contribution is 5.94. The highest BCUT2D eigenvalue weighted by atomic mass is 16.4. The summed E-state index contributed by atoms with van der Waals surface area (Å²) in [4.78, 5) is 23.7. The maximum Gasteiger partial charge on any atom is 0.337 e. The predicted molar refractivity (Wildman–Crippen MR) is 128 cm³/mol. The molecule has 0 amide bonds. The summed E-state index contributed by atoms with van der Waals surface area (Å²) in [6.07, 6.45) is 4.77. The molecule has 2 saturated heterocycles. The van der Waals surface area contributed by atoms with Gasteiger partial charge in [-0.15, -0.1) is 0 Å². The number of hydrogen-bond acceptors (Lipinski definition) is 6. The van der Waals surface area contributed by atoms with Crippen molar-refractivity contribution in [2.24, 2.45) is 5.92 Å². The predicted octanol–water partition coefficient (Wildman–Crippen LogP) is 5.06. The molecule has 33 heavy (non-hydrogen) atoms. The van der Waals surface area contributed by atoms with E-state index in [1.165, 1.54) is 12.8 Å². The van der Waals surface area contributed by atoms with Crippen LogP contribution in [0.4, 0.5) is 11.5 Å². The van der Waals surface area contributed by atoms with E-state index in [4.69, 9.17) is 9.97 Å². The summed E-state index contributed by atoms with van der Waals surface area (Å²) in [5.74, 6) is 0.368. The van der Waals surface area contributed by atoms with E-state index in [1.807, 2.05) is 26.0 Å². The summed E-state index contributed by atoms with van der Waals surface area (Å²) in [6.45, 7) is 4.92. The number of fused-ring (bicyclic) bond motifs is 4. The fraction of sp³-hybridized carbons (Fsp3) is 0.385. The quantitative estimate of drug-likeness (QED) is 0.570. The molecule has 2 N–H and O–H groups in total. The van der Waals surface area contributed by atoms with Crippen LogP contribution in [0.2, 0.25) is 0 Å². The number of aryl methyl sites for hydroxylation is 1. The summed E-state index contributed by atoms with van der Waals surface area (Å²) in [5.41, 5.74) is 4.55. The van der Waals surface area contributed by atoms with Gasteiger partial charge in [-0.3, -0.25) is 0 Å². The smallest absolute Gasteiger partial charge is 0.337 e. The Labute approximate surface area is 193 Å². The normalized spacial score (nSPS) is 20.5. The number of nitrogens with one attached hydrogen (secondary N) is 1. The number of aromatic nitrogens is 2. The van der Waals surface area contributed by atoms with Crippen molar-refractivity contribution >= 4 is 28.5 Å². The highest BCUT2D eigenvalue weighted by Crippen LogP contribution is 2.39. The number of hydrogen-bond donors (Lipinski definition) is 2. The van der Waals surface area contributed by atoms with Gasteiger partial charge in [0.1, 0.15) is 6.07 Å². The van der Waals surface area contributed by atoms with E-state index in [2.05, 4.69) is 22.4 Å². The highest BCUT2D eigenvalue weighted by Gasteiger charge is 2.36. The molecule has 7 nitrogen and oxygen atoms in total. The van der Waals surface area contributed by atoms with Gasteiger partial charge in [0.2, 0.25) is 0 Å². The Hall–Kier alpha value is -3.66. The molecule has 3 aromatic rings. The summed E-state index contributed by atoms with van der Waals surface area (Å²) in [5, 5.41) is 22.8. The van der Waals surface area contributed by atoms with Crippen LogP contribution in [0, 0.1) is 24.2 Å². The average molecular weight is 442 g/mol. The van der Waals surface area contributed by atoms with Crippen LogP contribution in [0.1, 0.15) is 65.8 Å². The van der Waals surface area contributed by atoms with Crippen molar-refractivity contribution in [3.63, 3.8) is 0 Å². The third kappa shape index (κ3) is 3.86. The molecule has 1 atom stereocenters. The van der Waals surface area contributed by atoms with Crippen LogP contribution in [-0.2, 0) is 0 Å². The van der Waals surface area contributed by atoms with Crippen molar-refractivity contribution in [2.75, 3.05) is 16.8 Å². The molecule has 7 heteroatoms. The number of piperidine rings is 2. The van der Waals surface area contributed by atoms with Gasteiger partial charge in [-0.25, -0.2) is 14.8 Å². The molecule has 0 unspecified atom stereocenters. The minimum atomic E-state index is -0.972. The molecule has 0 radical (unpaired) electrons. The number of carboxylic acids is 1. The lowest BCUT2D eigenvalue weighted by molar-refractivity contribution is 0.0698. The van der Waals surface area contributed by atoms with Gasteiger partial charge < -0.3 is 15.3 Å². The van der Waals surface area contributed by atoms with Gasteiger partial charge >= 0.3 is 5.97 Å². The number of carbonyl (C=O) groups is 1. The maximum atomic E-state index is 11.7. The van der Waals surface area contributed by atoms with Crippen LogP contribution >= 0.6 is 0 Å². The van der Waals surface area contributed by atoms with Gasteiger partial charge in [-0.2, -0.15) is 5.26 Å². The third-order valence-corrected chi connectivity index (χ3v) is 7.01. The Bertz CT molecular complexity index is 1270. The van der Waals surface area contributed by atoms with E-state index < -0.39 is 5.97 Å². The van der Waals surface area contributed by atoms with E-state index in [0.29, 0.717) is 34.7 Å². The first-order valence-corrected chi connectivity index (χ1v) is 11.5. The van der Waals surface area contributed by atoms with Gasteiger partial charge in [-0.1, -0.05) is 18.2 Å². The van der Waals surface area contributed by atoms with E-state index in [1.54, 1.807) is 18.2 Å². The van der Waals surface area contributed by atoms with Gasteiger partial charge in [0.05, 0.1) is 22.6 Å². The van der Waals surface area contributed by atoms with Gasteiger partial charge in [0.15, 0.2) is 11.5 Å². The van der Waals surface area contributed by atoms with E-state index in [-0.39, 0.29) is 11.6 Å². The third-order valence-electron chi connectivity index (χ3n) is 7.01. The van der Waals surface area contributed by atoms with Crippen LogP contribution in [0.25, 0.3) is 11.0 Å². The zero-order valence-corrected chi connectivity index (χ0v) is 18.9. The Kier molecular flexibility index (Phi) is 5.37. The number of carboxylic acid groups (broad SMARTS) is 1. The molecular weight excluding hydrogens is 414 g/mol. The number of rotatable bonds is 5. The second kappa shape index (κ2) is 8.36. The van der Waals surface area contributed by atoms with Crippen molar-refractivity contribution in [3.8, 4) is 6.07 Å². The molecule has 3 heterocycles. The molecule has 1 aromatic heterocycles. The van der Waals surface area contributed by atoms with Crippen molar-refractivity contribution in [1.82, 2.24) is 9.97 Å². The van der Waals surface area contributed by atoms with E-state index in [0.717, 1.165) is 36.0 Å². The summed E-state index contributed by atoms with van der Waals surface area (Å²) in [7, 11) is 0. The fourth-order valence-corrected chi connectivity index (χ4v) is 5.36. The number of benzene rings is 2. The Balaban J connectivity index is 1.59. The summed E-state index contributed by atoms with van der Waals surface area (Å²) >= 11 is 0. The van der Waals surface area contributed by atoms with Crippen LogP contribution < -0.4 is 10.2 Å². The summed E-state index contributed by atoms with van der Waals surface area (Å²) in [6, 6.07) is 13.4.